The standard InChI is InChI=1S/C9H4N6/c10-4-6-14-8-7(12-5-13-8)9-11-2-1-3-15(6)9/h1-3,5H. The van der Waals surface area contributed by atoms with E-state index in [0.717, 1.165) is 0 Å². The van der Waals surface area contributed by atoms with Crippen molar-refractivity contribution in [1.29, 1.82) is 5.26 Å². The Hall–Kier alpha value is -2.55. The van der Waals surface area contributed by atoms with Crippen LogP contribution in [0.2, 0.25) is 0 Å². The molecule has 0 saturated heterocycles. The van der Waals surface area contributed by atoms with E-state index in [-0.39, 0.29) is 5.82 Å². The third-order valence-corrected chi connectivity index (χ3v) is 2.08. The molecule has 0 aromatic carbocycles. The summed E-state index contributed by atoms with van der Waals surface area (Å²) in [5.41, 5.74) is 1.20. The number of rotatable bonds is 0. The van der Waals surface area contributed by atoms with Crippen molar-refractivity contribution >= 4 is 5.65 Å². The number of fused-ring (bicyclic) bond motifs is 3. The molecule has 0 bridgehead atoms. The molecule has 3 rings (SSSR count). The monoisotopic (exact) mass is 196 g/mol. The van der Waals surface area contributed by atoms with Crippen LogP contribution in [0.5, 0.6) is 0 Å². The molecular formula is C9H4N6. The van der Waals surface area contributed by atoms with Crippen molar-refractivity contribution in [2.45, 2.75) is 0 Å². The maximum atomic E-state index is 8.92. The quantitative estimate of drug-likeness (QED) is 0.523. The SMILES string of the molecule is N#Cc1nc2ncnc-2c2ncccn12. The van der Waals surface area contributed by atoms with E-state index in [1.165, 1.54) is 6.33 Å². The van der Waals surface area contributed by atoms with Crippen molar-refractivity contribution in [2.75, 3.05) is 0 Å². The van der Waals surface area contributed by atoms with Gasteiger partial charge in [0.25, 0.3) is 0 Å². The van der Waals surface area contributed by atoms with Crippen LogP contribution in [0.4, 0.5) is 0 Å². The molecule has 6 nitrogen and oxygen atoms in total. The molecule has 1 aromatic rings. The first-order chi connectivity index (χ1) is 7.40. The van der Waals surface area contributed by atoms with Gasteiger partial charge in [-0.3, -0.25) is 4.40 Å². The fraction of sp³-hybridized carbons (Fsp3) is 0. The highest BCUT2D eigenvalue weighted by molar-refractivity contribution is 5.70. The summed E-state index contributed by atoms with van der Waals surface area (Å²) in [6, 6.07) is 3.73. The molecule has 0 N–H and O–H groups in total. The lowest BCUT2D eigenvalue weighted by Crippen LogP contribution is -2.03. The zero-order valence-electron chi connectivity index (χ0n) is 7.49. The molecule has 0 spiro atoms. The van der Waals surface area contributed by atoms with E-state index >= 15 is 0 Å². The van der Waals surface area contributed by atoms with E-state index in [1.807, 2.05) is 6.07 Å². The molecule has 3 heterocycles. The topological polar surface area (TPSA) is 79.8 Å². The van der Waals surface area contributed by atoms with Crippen LogP contribution in [0, 0.1) is 11.3 Å². The largest absolute Gasteiger partial charge is 0.275 e. The molecule has 0 radical (unpaired) electrons. The fourth-order valence-corrected chi connectivity index (χ4v) is 1.45. The predicted octanol–water partition coefficient (Wildman–Crippen LogP) is 0.496. The number of hydrogen-bond acceptors (Lipinski definition) is 5. The smallest absolute Gasteiger partial charge is 0.220 e. The summed E-state index contributed by atoms with van der Waals surface area (Å²) in [6.45, 7) is 0. The first-order valence-electron chi connectivity index (χ1n) is 4.24. The molecule has 2 aliphatic rings. The lowest BCUT2D eigenvalue weighted by atomic mass is 10.3. The van der Waals surface area contributed by atoms with Gasteiger partial charge in [0.2, 0.25) is 5.82 Å². The van der Waals surface area contributed by atoms with Gasteiger partial charge < -0.3 is 0 Å². The van der Waals surface area contributed by atoms with Gasteiger partial charge in [0.15, 0.2) is 17.2 Å². The van der Waals surface area contributed by atoms with E-state index < -0.39 is 0 Å². The number of imidazole rings is 1. The number of nitriles is 1. The summed E-state index contributed by atoms with van der Waals surface area (Å²) >= 11 is 0. The first kappa shape index (κ1) is 7.82. The fourth-order valence-electron chi connectivity index (χ4n) is 1.45. The van der Waals surface area contributed by atoms with Gasteiger partial charge in [-0.05, 0) is 6.07 Å². The Morgan fingerprint density at radius 2 is 2.20 bits per heavy atom. The maximum absolute atomic E-state index is 8.92. The Labute approximate surface area is 84.2 Å². The van der Waals surface area contributed by atoms with Crippen LogP contribution >= 0.6 is 0 Å². The molecule has 0 aliphatic carbocycles. The van der Waals surface area contributed by atoms with E-state index in [4.69, 9.17) is 5.26 Å². The number of nitrogens with zero attached hydrogens (tertiary/aromatic N) is 6. The van der Waals surface area contributed by atoms with Gasteiger partial charge in [-0.2, -0.15) is 10.2 Å². The van der Waals surface area contributed by atoms with Crippen LogP contribution in [0.15, 0.2) is 24.8 Å². The number of aromatic nitrogens is 5. The molecule has 0 amide bonds. The second-order valence-electron chi connectivity index (χ2n) is 2.91. The third kappa shape index (κ3) is 0.971. The van der Waals surface area contributed by atoms with Crippen LogP contribution in [0.25, 0.3) is 17.2 Å². The summed E-state index contributed by atoms with van der Waals surface area (Å²) in [5.74, 6) is 0.705. The van der Waals surface area contributed by atoms with E-state index in [2.05, 4.69) is 19.9 Å². The van der Waals surface area contributed by atoms with Crippen LogP contribution < -0.4 is 0 Å². The summed E-state index contributed by atoms with van der Waals surface area (Å²) < 4.78 is 1.59. The third-order valence-electron chi connectivity index (χ3n) is 2.08. The first-order valence-corrected chi connectivity index (χ1v) is 4.24. The van der Waals surface area contributed by atoms with Gasteiger partial charge >= 0.3 is 0 Å². The van der Waals surface area contributed by atoms with Gasteiger partial charge in [-0.25, -0.2) is 15.0 Å². The average molecular weight is 196 g/mol. The van der Waals surface area contributed by atoms with Gasteiger partial charge in [0.1, 0.15) is 12.4 Å². The van der Waals surface area contributed by atoms with Crippen molar-refractivity contribution in [2.24, 2.45) is 0 Å². The maximum Gasteiger partial charge on any atom is 0.220 e. The molecule has 0 fully saturated rings. The second-order valence-corrected chi connectivity index (χ2v) is 2.91. The van der Waals surface area contributed by atoms with Gasteiger partial charge in [0.05, 0.1) is 0 Å². The van der Waals surface area contributed by atoms with Crippen LogP contribution in [-0.4, -0.2) is 24.3 Å². The Morgan fingerprint density at radius 3 is 3.07 bits per heavy atom. The van der Waals surface area contributed by atoms with Gasteiger partial charge in [0, 0.05) is 12.4 Å². The molecule has 0 saturated carbocycles. The van der Waals surface area contributed by atoms with E-state index in [9.17, 15) is 0 Å². The Kier molecular flexibility index (Phi) is 1.42. The van der Waals surface area contributed by atoms with Gasteiger partial charge in [-0.15, -0.1) is 0 Å². The minimum atomic E-state index is 0.256. The lowest BCUT2D eigenvalue weighted by molar-refractivity contribution is 0.987. The van der Waals surface area contributed by atoms with Gasteiger partial charge in [-0.1, -0.05) is 0 Å². The zero-order chi connectivity index (χ0) is 10.3. The highest BCUT2D eigenvalue weighted by atomic mass is 15.1. The Morgan fingerprint density at radius 1 is 1.27 bits per heavy atom. The predicted molar refractivity (Wildman–Crippen MR) is 49.9 cm³/mol. The molecule has 6 heteroatoms. The van der Waals surface area contributed by atoms with Crippen molar-refractivity contribution in [3.8, 4) is 17.6 Å². The minimum Gasteiger partial charge on any atom is -0.275 e. The number of hydrogen-bond donors (Lipinski definition) is 0. The second kappa shape index (κ2) is 2.72. The van der Waals surface area contributed by atoms with Crippen LogP contribution in [0.1, 0.15) is 5.82 Å². The summed E-state index contributed by atoms with van der Waals surface area (Å²) in [4.78, 5) is 16.2. The summed E-state index contributed by atoms with van der Waals surface area (Å²) in [5, 5.41) is 8.92. The van der Waals surface area contributed by atoms with Crippen molar-refractivity contribution in [3.63, 3.8) is 0 Å². The van der Waals surface area contributed by atoms with Crippen molar-refractivity contribution < 1.29 is 0 Å². The van der Waals surface area contributed by atoms with Crippen LogP contribution in [-0.2, 0) is 0 Å². The molecule has 2 aliphatic heterocycles. The minimum absolute atomic E-state index is 0.256. The van der Waals surface area contributed by atoms with E-state index in [0.29, 0.717) is 17.2 Å². The van der Waals surface area contributed by atoms with Crippen molar-refractivity contribution in [1.82, 2.24) is 24.3 Å². The zero-order valence-corrected chi connectivity index (χ0v) is 7.49. The highest BCUT2D eigenvalue weighted by Crippen LogP contribution is 2.19. The average Bonchev–Trinajstić information content (AvgIpc) is 2.76. The Bertz CT molecular complexity index is 649. The normalized spacial score (nSPS) is 10.6. The summed E-state index contributed by atoms with van der Waals surface area (Å²) in [7, 11) is 0. The molecular weight excluding hydrogens is 192 g/mol. The molecule has 70 valence electrons. The molecule has 0 atom stereocenters. The Balaban J connectivity index is 2.60. The van der Waals surface area contributed by atoms with Crippen molar-refractivity contribution in [3.05, 3.63) is 30.6 Å². The van der Waals surface area contributed by atoms with Crippen LogP contribution in [0.3, 0.4) is 0 Å². The van der Waals surface area contributed by atoms with E-state index in [1.54, 1.807) is 22.9 Å². The lowest BCUT2D eigenvalue weighted by Gasteiger charge is -2.04. The summed E-state index contributed by atoms with van der Waals surface area (Å²) in [6.07, 6.45) is 4.78. The highest BCUT2D eigenvalue weighted by Gasteiger charge is 2.15. The molecule has 0 unspecified atom stereocenters. The molecule has 1 aromatic heterocycles. The molecule has 15 heavy (non-hydrogen) atoms.